The third-order valence-corrected chi connectivity index (χ3v) is 3.70. The molecular formula is C16H20N2O2. The molecule has 1 aromatic carbocycles. The summed E-state index contributed by atoms with van der Waals surface area (Å²) in [6, 6.07) is 10.5. The maximum Gasteiger partial charge on any atom is 0.199 e. The normalized spacial score (nSPS) is 25.8. The highest BCUT2D eigenvalue weighted by Gasteiger charge is 2.40. The van der Waals surface area contributed by atoms with Crippen molar-refractivity contribution in [3.05, 3.63) is 35.9 Å². The summed E-state index contributed by atoms with van der Waals surface area (Å²) in [5.74, 6) is 1.46. The van der Waals surface area contributed by atoms with Crippen LogP contribution in [-0.2, 0) is 9.47 Å². The lowest BCUT2D eigenvalue weighted by Gasteiger charge is -2.22. The second-order valence-electron chi connectivity index (χ2n) is 5.89. The molecule has 0 spiro atoms. The molecule has 2 unspecified atom stereocenters. The van der Waals surface area contributed by atoms with E-state index in [0.717, 1.165) is 11.8 Å². The zero-order valence-corrected chi connectivity index (χ0v) is 12.2. The number of rotatable bonds is 3. The fourth-order valence-electron chi connectivity index (χ4n) is 2.47. The van der Waals surface area contributed by atoms with Gasteiger partial charge in [-0.15, -0.1) is 0 Å². The van der Waals surface area contributed by atoms with E-state index in [1.54, 1.807) is 0 Å². The molecule has 4 heteroatoms. The van der Waals surface area contributed by atoms with Crippen LogP contribution >= 0.6 is 0 Å². The first kappa shape index (κ1) is 13.2. The second kappa shape index (κ2) is 4.93. The lowest BCUT2D eigenvalue weighted by atomic mass is 9.93. The van der Waals surface area contributed by atoms with Crippen LogP contribution in [0.3, 0.4) is 0 Å². The van der Waals surface area contributed by atoms with Gasteiger partial charge in [0.2, 0.25) is 0 Å². The van der Waals surface area contributed by atoms with Crippen LogP contribution in [0.4, 0.5) is 0 Å². The number of aliphatic imine (C=N–C) groups is 2. The van der Waals surface area contributed by atoms with Crippen LogP contribution in [0.25, 0.3) is 0 Å². The maximum absolute atomic E-state index is 5.82. The Balaban J connectivity index is 1.83. The predicted molar refractivity (Wildman–Crippen MR) is 79.2 cm³/mol. The minimum absolute atomic E-state index is 0.0740. The van der Waals surface area contributed by atoms with Gasteiger partial charge in [-0.25, -0.2) is 9.98 Å². The Morgan fingerprint density at radius 2 is 1.65 bits per heavy atom. The van der Waals surface area contributed by atoms with Gasteiger partial charge >= 0.3 is 0 Å². The molecule has 2 aliphatic rings. The number of hydrogen-bond donors (Lipinski definition) is 0. The molecule has 4 nitrogen and oxygen atoms in total. The molecule has 106 valence electrons. The molecule has 0 aliphatic carbocycles. The summed E-state index contributed by atoms with van der Waals surface area (Å²) in [5.41, 5.74) is 0.787. The highest BCUT2D eigenvalue weighted by Crippen LogP contribution is 2.32. The first-order valence-electron chi connectivity index (χ1n) is 7.04. The van der Waals surface area contributed by atoms with E-state index in [1.165, 1.54) is 5.56 Å². The van der Waals surface area contributed by atoms with Crippen molar-refractivity contribution in [1.82, 2.24) is 0 Å². The number of hydrogen-bond acceptors (Lipinski definition) is 4. The van der Waals surface area contributed by atoms with Crippen LogP contribution in [0.15, 0.2) is 40.3 Å². The van der Waals surface area contributed by atoms with Crippen molar-refractivity contribution in [2.24, 2.45) is 15.4 Å². The van der Waals surface area contributed by atoms with Crippen molar-refractivity contribution in [2.75, 3.05) is 13.2 Å². The van der Waals surface area contributed by atoms with Gasteiger partial charge in [0.15, 0.2) is 11.8 Å². The van der Waals surface area contributed by atoms with E-state index in [9.17, 15) is 0 Å². The molecule has 0 N–H and O–H groups in total. The van der Waals surface area contributed by atoms with Gasteiger partial charge in [0.25, 0.3) is 0 Å². The predicted octanol–water partition coefficient (Wildman–Crippen LogP) is 3.00. The molecule has 2 aliphatic heterocycles. The van der Waals surface area contributed by atoms with E-state index < -0.39 is 5.41 Å². The molecule has 0 aromatic heterocycles. The van der Waals surface area contributed by atoms with Gasteiger partial charge in [-0.3, -0.25) is 0 Å². The first-order chi connectivity index (χ1) is 9.57. The number of benzene rings is 1. The van der Waals surface area contributed by atoms with Gasteiger partial charge in [-0.2, -0.15) is 0 Å². The van der Waals surface area contributed by atoms with Crippen LogP contribution in [0.2, 0.25) is 0 Å². The van der Waals surface area contributed by atoms with Crippen LogP contribution in [-0.4, -0.2) is 31.1 Å². The quantitative estimate of drug-likeness (QED) is 0.849. The molecule has 0 saturated carbocycles. The Kier molecular flexibility index (Phi) is 3.24. The molecule has 0 bridgehead atoms. The number of nitrogens with zero attached hydrogens (tertiary/aromatic N) is 2. The minimum Gasteiger partial charge on any atom is -0.478 e. The third kappa shape index (κ3) is 2.30. The van der Waals surface area contributed by atoms with Crippen LogP contribution in [0.1, 0.15) is 32.4 Å². The number of ether oxygens (including phenoxy) is 2. The molecule has 1 aromatic rings. The summed E-state index contributed by atoms with van der Waals surface area (Å²) in [6.45, 7) is 7.39. The van der Waals surface area contributed by atoms with E-state index in [-0.39, 0.29) is 12.1 Å². The largest absolute Gasteiger partial charge is 0.478 e. The average molecular weight is 272 g/mol. The van der Waals surface area contributed by atoms with E-state index in [2.05, 4.69) is 31.0 Å². The maximum atomic E-state index is 5.82. The Morgan fingerprint density at radius 1 is 1.00 bits per heavy atom. The van der Waals surface area contributed by atoms with Crippen LogP contribution < -0.4 is 0 Å². The second-order valence-corrected chi connectivity index (χ2v) is 5.89. The van der Waals surface area contributed by atoms with Gasteiger partial charge in [0.05, 0.1) is 6.04 Å². The monoisotopic (exact) mass is 272 g/mol. The van der Waals surface area contributed by atoms with E-state index >= 15 is 0 Å². The van der Waals surface area contributed by atoms with Crippen molar-refractivity contribution >= 4 is 11.8 Å². The minimum atomic E-state index is -0.395. The molecule has 2 atom stereocenters. The van der Waals surface area contributed by atoms with Gasteiger partial charge in [0.1, 0.15) is 24.7 Å². The molecule has 0 radical (unpaired) electrons. The highest BCUT2D eigenvalue weighted by molar-refractivity contribution is 6.05. The molecule has 3 rings (SSSR count). The van der Waals surface area contributed by atoms with Gasteiger partial charge in [-0.1, -0.05) is 30.3 Å². The van der Waals surface area contributed by atoms with Crippen LogP contribution in [0, 0.1) is 5.41 Å². The third-order valence-electron chi connectivity index (χ3n) is 3.70. The van der Waals surface area contributed by atoms with Crippen molar-refractivity contribution in [2.45, 2.75) is 32.9 Å². The molecule has 0 fully saturated rings. The summed E-state index contributed by atoms with van der Waals surface area (Å²) in [5, 5.41) is 0. The van der Waals surface area contributed by atoms with Crippen molar-refractivity contribution in [3.8, 4) is 0 Å². The summed E-state index contributed by atoms with van der Waals surface area (Å²) in [4.78, 5) is 9.27. The lowest BCUT2D eigenvalue weighted by Crippen LogP contribution is -2.34. The first-order valence-corrected chi connectivity index (χ1v) is 7.04. The summed E-state index contributed by atoms with van der Waals surface area (Å²) < 4.78 is 11.5. The smallest absolute Gasteiger partial charge is 0.199 e. The summed E-state index contributed by atoms with van der Waals surface area (Å²) in [7, 11) is 0. The molecule has 0 amide bonds. The van der Waals surface area contributed by atoms with Crippen molar-refractivity contribution in [3.63, 3.8) is 0 Å². The Hall–Kier alpha value is -1.84. The average Bonchev–Trinajstić information content (AvgIpc) is 3.09. The van der Waals surface area contributed by atoms with E-state index in [4.69, 9.17) is 14.5 Å². The summed E-state index contributed by atoms with van der Waals surface area (Å²) >= 11 is 0. The zero-order valence-electron chi connectivity index (χ0n) is 12.2. The Labute approximate surface area is 119 Å². The highest BCUT2D eigenvalue weighted by atomic mass is 16.5. The zero-order chi connectivity index (χ0) is 14.2. The molecule has 20 heavy (non-hydrogen) atoms. The van der Waals surface area contributed by atoms with Gasteiger partial charge in [-0.05, 0) is 26.3 Å². The molecule has 2 heterocycles. The SMILES string of the molecule is CC1COC(C(C)(C)C2=NC(c3ccccc3)CO2)=N1. The van der Waals surface area contributed by atoms with Gasteiger partial charge in [0, 0.05) is 0 Å². The van der Waals surface area contributed by atoms with E-state index in [0.29, 0.717) is 13.2 Å². The summed E-state index contributed by atoms with van der Waals surface area (Å²) in [6.07, 6.45) is 0. The topological polar surface area (TPSA) is 43.2 Å². The van der Waals surface area contributed by atoms with Crippen LogP contribution in [0.5, 0.6) is 0 Å². The molecular weight excluding hydrogens is 252 g/mol. The van der Waals surface area contributed by atoms with Gasteiger partial charge < -0.3 is 9.47 Å². The fourth-order valence-corrected chi connectivity index (χ4v) is 2.47. The Bertz CT molecular complexity index is 549. The van der Waals surface area contributed by atoms with E-state index in [1.807, 2.05) is 25.1 Å². The van der Waals surface area contributed by atoms with Crippen molar-refractivity contribution in [1.29, 1.82) is 0 Å². The standard InChI is InChI=1S/C16H20N2O2/c1-11-9-19-14(17-11)16(2,3)15-18-13(10-20-15)12-7-5-4-6-8-12/h4-8,11,13H,9-10H2,1-3H3. The molecule has 0 saturated heterocycles. The van der Waals surface area contributed by atoms with Crippen molar-refractivity contribution < 1.29 is 9.47 Å². The lowest BCUT2D eigenvalue weighted by molar-refractivity contribution is 0.266. The Morgan fingerprint density at radius 3 is 2.30 bits per heavy atom. The fraction of sp³-hybridized carbons (Fsp3) is 0.500.